The van der Waals surface area contributed by atoms with Gasteiger partial charge in [0.15, 0.2) is 0 Å². The number of benzene rings is 2. The third-order valence-corrected chi connectivity index (χ3v) is 4.47. The molecule has 0 saturated carbocycles. The maximum Gasteiger partial charge on any atom is 0.0607 e. The molecule has 3 heteroatoms. The summed E-state index contributed by atoms with van der Waals surface area (Å²) in [6.07, 6.45) is 0. The fourth-order valence-corrected chi connectivity index (χ4v) is 3.59. The quantitative estimate of drug-likeness (QED) is 0.668. The first-order chi connectivity index (χ1) is 8.72. The van der Waals surface area contributed by atoms with Crippen molar-refractivity contribution in [1.29, 1.82) is 0 Å². The molecule has 0 radical (unpaired) electrons. The lowest BCUT2D eigenvalue weighted by molar-refractivity contribution is 1.22. The largest absolute Gasteiger partial charge is 0.398 e. The summed E-state index contributed by atoms with van der Waals surface area (Å²) in [7, 11) is 0. The van der Waals surface area contributed by atoms with Gasteiger partial charge in [-0.3, -0.25) is 0 Å². The van der Waals surface area contributed by atoms with Gasteiger partial charge in [0.25, 0.3) is 0 Å². The van der Waals surface area contributed by atoms with Gasteiger partial charge in [0.05, 0.1) is 10.4 Å². The normalized spacial score (nSPS) is 11.2. The molecule has 3 rings (SSSR count). The Morgan fingerprint density at radius 1 is 1.28 bits per heavy atom. The highest BCUT2D eigenvalue weighted by molar-refractivity contribution is 7.26. The maximum absolute atomic E-state index is 6.27. The average Bonchev–Trinajstić information content (AvgIpc) is 2.75. The molecule has 1 aromatic heterocycles. The molecule has 0 unspecified atom stereocenters. The zero-order chi connectivity index (χ0) is 12.7. The van der Waals surface area contributed by atoms with Crippen LogP contribution in [-0.2, 0) is 0 Å². The van der Waals surface area contributed by atoms with Crippen LogP contribution >= 0.6 is 11.3 Å². The molecule has 1 heterocycles. The zero-order valence-corrected chi connectivity index (χ0v) is 11.4. The van der Waals surface area contributed by atoms with Gasteiger partial charge in [-0.05, 0) is 31.5 Å². The predicted molar refractivity (Wildman–Crippen MR) is 82.6 cm³/mol. The number of nitrogen functional groups attached to an aromatic ring is 1. The molecule has 0 fully saturated rings. The summed E-state index contributed by atoms with van der Waals surface area (Å²) < 4.78 is 2.56. The van der Waals surface area contributed by atoms with E-state index in [0.29, 0.717) is 0 Å². The smallest absolute Gasteiger partial charge is 0.0607 e. The van der Waals surface area contributed by atoms with Crippen LogP contribution in [-0.4, -0.2) is 6.54 Å². The first-order valence-electron chi connectivity index (χ1n) is 6.16. The van der Waals surface area contributed by atoms with E-state index in [9.17, 15) is 0 Å². The van der Waals surface area contributed by atoms with Crippen LogP contribution in [0.15, 0.2) is 30.3 Å². The van der Waals surface area contributed by atoms with Gasteiger partial charge >= 0.3 is 0 Å². The van der Waals surface area contributed by atoms with Crippen molar-refractivity contribution < 1.29 is 0 Å². The van der Waals surface area contributed by atoms with E-state index >= 15 is 0 Å². The topological polar surface area (TPSA) is 38.0 Å². The average molecular weight is 256 g/mol. The van der Waals surface area contributed by atoms with E-state index in [1.54, 1.807) is 0 Å². The molecule has 0 spiro atoms. The van der Waals surface area contributed by atoms with Crippen molar-refractivity contribution in [1.82, 2.24) is 0 Å². The van der Waals surface area contributed by atoms with Gasteiger partial charge in [0.2, 0.25) is 0 Å². The fourth-order valence-electron chi connectivity index (χ4n) is 2.38. The molecule has 0 aliphatic carbocycles. The van der Waals surface area contributed by atoms with Gasteiger partial charge in [0.1, 0.15) is 0 Å². The minimum absolute atomic E-state index is 0.907. The number of nitrogens with two attached hydrogens (primary N) is 1. The van der Waals surface area contributed by atoms with Crippen molar-refractivity contribution in [2.24, 2.45) is 0 Å². The zero-order valence-electron chi connectivity index (χ0n) is 10.6. The van der Waals surface area contributed by atoms with Crippen LogP contribution in [0.1, 0.15) is 12.5 Å². The molecule has 3 aromatic rings. The molecule has 0 aliphatic heterocycles. The minimum Gasteiger partial charge on any atom is -0.398 e. The molecule has 92 valence electrons. The Bertz CT molecular complexity index is 728. The van der Waals surface area contributed by atoms with Crippen molar-refractivity contribution in [2.75, 3.05) is 17.6 Å². The van der Waals surface area contributed by atoms with Crippen LogP contribution in [0.25, 0.3) is 20.2 Å². The molecule has 2 nitrogen and oxygen atoms in total. The predicted octanol–water partition coefficient (Wildman–Crippen LogP) is 4.38. The second-order valence-corrected chi connectivity index (χ2v) is 5.54. The van der Waals surface area contributed by atoms with Crippen LogP contribution in [0.5, 0.6) is 0 Å². The molecule has 0 atom stereocenters. The van der Waals surface area contributed by atoms with E-state index in [4.69, 9.17) is 5.73 Å². The SMILES string of the molecule is CCNc1cc(C)c(N)c2c1sc1ccccc12. The highest BCUT2D eigenvalue weighted by Gasteiger charge is 2.13. The molecule has 18 heavy (non-hydrogen) atoms. The number of anilines is 2. The molecule has 0 bridgehead atoms. The van der Waals surface area contributed by atoms with Crippen LogP contribution in [0.4, 0.5) is 11.4 Å². The summed E-state index contributed by atoms with van der Waals surface area (Å²) in [4.78, 5) is 0. The number of rotatable bonds is 2. The fraction of sp³-hybridized carbons (Fsp3) is 0.200. The Morgan fingerprint density at radius 3 is 2.83 bits per heavy atom. The van der Waals surface area contributed by atoms with E-state index in [1.807, 2.05) is 11.3 Å². The van der Waals surface area contributed by atoms with E-state index < -0.39 is 0 Å². The summed E-state index contributed by atoms with van der Waals surface area (Å²) >= 11 is 1.81. The number of hydrogen-bond donors (Lipinski definition) is 2. The lowest BCUT2D eigenvalue weighted by Gasteiger charge is -2.09. The summed E-state index contributed by atoms with van der Waals surface area (Å²) in [5.41, 5.74) is 9.51. The van der Waals surface area contributed by atoms with Gasteiger partial charge in [0, 0.05) is 27.7 Å². The molecule has 3 N–H and O–H groups in total. The standard InChI is InChI=1S/C15H16N2S/c1-3-17-11-8-9(2)14(16)13-10-6-4-5-7-12(10)18-15(11)13/h4-8,17H,3,16H2,1-2H3. The first-order valence-corrected chi connectivity index (χ1v) is 6.98. The third kappa shape index (κ3) is 1.55. The Labute approximate surface area is 110 Å². The van der Waals surface area contributed by atoms with E-state index in [1.165, 1.54) is 25.9 Å². The van der Waals surface area contributed by atoms with Crippen molar-refractivity contribution in [3.63, 3.8) is 0 Å². The van der Waals surface area contributed by atoms with Crippen molar-refractivity contribution in [3.8, 4) is 0 Å². The first kappa shape index (κ1) is 11.4. The molecule has 0 saturated heterocycles. The van der Waals surface area contributed by atoms with Crippen LogP contribution in [0, 0.1) is 6.92 Å². The number of aryl methyl sites for hydroxylation is 1. The number of hydrogen-bond acceptors (Lipinski definition) is 3. The summed E-state index contributed by atoms with van der Waals surface area (Å²) in [6.45, 7) is 5.11. The van der Waals surface area contributed by atoms with Gasteiger partial charge in [-0.15, -0.1) is 11.3 Å². The van der Waals surface area contributed by atoms with E-state index in [-0.39, 0.29) is 0 Å². The maximum atomic E-state index is 6.27. The highest BCUT2D eigenvalue weighted by Crippen LogP contribution is 2.42. The Morgan fingerprint density at radius 2 is 2.06 bits per heavy atom. The van der Waals surface area contributed by atoms with Gasteiger partial charge in [-0.2, -0.15) is 0 Å². The Hall–Kier alpha value is -1.74. The minimum atomic E-state index is 0.907. The lowest BCUT2D eigenvalue weighted by Crippen LogP contribution is -1.99. The summed E-state index contributed by atoms with van der Waals surface area (Å²) in [5.74, 6) is 0. The molecular weight excluding hydrogens is 240 g/mol. The van der Waals surface area contributed by atoms with E-state index in [0.717, 1.165) is 17.8 Å². The Kier molecular flexibility index (Phi) is 2.63. The van der Waals surface area contributed by atoms with Crippen molar-refractivity contribution in [3.05, 3.63) is 35.9 Å². The van der Waals surface area contributed by atoms with Crippen LogP contribution in [0.3, 0.4) is 0 Å². The third-order valence-electron chi connectivity index (χ3n) is 3.26. The van der Waals surface area contributed by atoms with Crippen LogP contribution in [0.2, 0.25) is 0 Å². The number of fused-ring (bicyclic) bond motifs is 3. The van der Waals surface area contributed by atoms with Gasteiger partial charge in [-0.1, -0.05) is 18.2 Å². The van der Waals surface area contributed by atoms with Gasteiger partial charge < -0.3 is 11.1 Å². The monoisotopic (exact) mass is 256 g/mol. The second kappa shape index (κ2) is 4.18. The van der Waals surface area contributed by atoms with Crippen molar-refractivity contribution in [2.45, 2.75) is 13.8 Å². The molecule has 2 aromatic carbocycles. The van der Waals surface area contributed by atoms with Crippen LogP contribution < -0.4 is 11.1 Å². The summed E-state index contributed by atoms with van der Waals surface area (Å²) in [5, 5.41) is 5.90. The highest BCUT2D eigenvalue weighted by atomic mass is 32.1. The van der Waals surface area contributed by atoms with E-state index in [2.05, 4.69) is 49.5 Å². The van der Waals surface area contributed by atoms with Crippen molar-refractivity contribution >= 4 is 42.9 Å². The molecule has 0 amide bonds. The Balaban J connectivity index is 2.49. The number of nitrogens with one attached hydrogen (secondary N) is 1. The van der Waals surface area contributed by atoms with Gasteiger partial charge in [-0.25, -0.2) is 0 Å². The lowest BCUT2D eigenvalue weighted by atomic mass is 10.1. The molecule has 0 aliphatic rings. The molecular formula is C15H16N2S. The second-order valence-electron chi connectivity index (χ2n) is 4.49. The number of thiophene rings is 1. The summed E-state index contributed by atoms with van der Waals surface area (Å²) in [6, 6.07) is 10.6.